The minimum atomic E-state index is -0.0465. The molecule has 1 aliphatic heterocycles. The van der Waals surface area contributed by atoms with Crippen molar-refractivity contribution in [2.45, 2.75) is 11.8 Å². The molecule has 0 saturated heterocycles. The van der Waals surface area contributed by atoms with Crippen LogP contribution in [0.1, 0.15) is 16.2 Å². The quantitative estimate of drug-likeness (QED) is 0.254. The van der Waals surface area contributed by atoms with E-state index in [1.165, 1.54) is 11.8 Å². The molecule has 9 heteroatoms. The maximum Gasteiger partial charge on any atom is 0.231 e. The summed E-state index contributed by atoms with van der Waals surface area (Å²) in [4.78, 5) is 12.8. The fraction of sp³-hybridized carbons (Fsp3) is 0.125. The van der Waals surface area contributed by atoms with Crippen molar-refractivity contribution >= 4 is 29.1 Å². The molecule has 0 unspecified atom stereocenters. The molecule has 0 fully saturated rings. The van der Waals surface area contributed by atoms with Crippen LogP contribution < -0.4 is 14.2 Å². The fourth-order valence-corrected chi connectivity index (χ4v) is 4.37. The van der Waals surface area contributed by atoms with Gasteiger partial charge >= 0.3 is 0 Å². The number of hydrogen-bond donors (Lipinski definition) is 0. The van der Waals surface area contributed by atoms with Crippen molar-refractivity contribution in [1.29, 1.82) is 0 Å². The number of rotatable bonds is 8. The second-order valence-corrected chi connectivity index (χ2v) is 8.42. The molecule has 0 aliphatic carbocycles. The van der Waals surface area contributed by atoms with Gasteiger partial charge in [0, 0.05) is 11.3 Å². The summed E-state index contributed by atoms with van der Waals surface area (Å²) in [6.45, 7) is 0.337. The molecular formula is C24H18ClN3O4S. The van der Waals surface area contributed by atoms with Crippen LogP contribution in [0.25, 0.3) is 5.69 Å². The third kappa shape index (κ3) is 4.67. The number of carbonyl (C=O) groups is 1. The van der Waals surface area contributed by atoms with Gasteiger partial charge in [0.15, 0.2) is 28.3 Å². The second kappa shape index (κ2) is 9.56. The Labute approximate surface area is 199 Å². The average Bonchev–Trinajstić information content (AvgIpc) is 3.49. The predicted molar refractivity (Wildman–Crippen MR) is 125 cm³/mol. The van der Waals surface area contributed by atoms with Gasteiger partial charge in [0.1, 0.15) is 12.4 Å². The van der Waals surface area contributed by atoms with Crippen molar-refractivity contribution in [2.24, 2.45) is 0 Å². The fourth-order valence-electron chi connectivity index (χ4n) is 3.31. The largest absolute Gasteiger partial charge is 0.484 e. The lowest BCUT2D eigenvalue weighted by Crippen LogP contribution is -2.08. The van der Waals surface area contributed by atoms with Gasteiger partial charge in [-0.3, -0.25) is 9.36 Å². The van der Waals surface area contributed by atoms with Crippen molar-refractivity contribution in [2.75, 3.05) is 12.5 Å². The summed E-state index contributed by atoms with van der Waals surface area (Å²) in [6, 6.07) is 22.1. The molecule has 1 aliphatic rings. The number of nitrogens with zero attached hydrogens (tertiary/aromatic N) is 3. The highest BCUT2D eigenvalue weighted by Crippen LogP contribution is 2.33. The highest BCUT2D eigenvalue weighted by atomic mass is 35.5. The summed E-state index contributed by atoms with van der Waals surface area (Å²) in [5, 5.41) is 9.74. The van der Waals surface area contributed by atoms with E-state index in [0.29, 0.717) is 38.8 Å². The molecule has 0 atom stereocenters. The van der Waals surface area contributed by atoms with Gasteiger partial charge in [0.2, 0.25) is 6.79 Å². The SMILES string of the molecule is O=C(CSc1nnc(COc2ccccc2Cl)n1-c1ccccc1)c1ccc2c(c1)OCO2. The van der Waals surface area contributed by atoms with Crippen LogP contribution in [0.5, 0.6) is 17.2 Å². The van der Waals surface area contributed by atoms with Crippen molar-refractivity contribution in [3.8, 4) is 22.9 Å². The molecule has 3 aromatic carbocycles. The zero-order valence-electron chi connectivity index (χ0n) is 17.3. The van der Waals surface area contributed by atoms with E-state index in [9.17, 15) is 4.79 Å². The molecule has 0 amide bonds. The number of carbonyl (C=O) groups excluding carboxylic acids is 1. The zero-order chi connectivity index (χ0) is 22.6. The molecule has 4 aromatic rings. The summed E-state index contributed by atoms with van der Waals surface area (Å²) in [6.07, 6.45) is 0. The minimum Gasteiger partial charge on any atom is -0.484 e. The molecule has 0 bridgehead atoms. The van der Waals surface area contributed by atoms with Gasteiger partial charge in [-0.25, -0.2) is 0 Å². The molecule has 33 heavy (non-hydrogen) atoms. The third-order valence-electron chi connectivity index (χ3n) is 4.94. The first-order chi connectivity index (χ1) is 16.2. The highest BCUT2D eigenvalue weighted by molar-refractivity contribution is 7.99. The molecule has 166 valence electrons. The third-order valence-corrected chi connectivity index (χ3v) is 6.18. The van der Waals surface area contributed by atoms with E-state index < -0.39 is 0 Å². The Kier molecular flexibility index (Phi) is 6.19. The van der Waals surface area contributed by atoms with E-state index >= 15 is 0 Å². The number of aromatic nitrogens is 3. The Bertz CT molecular complexity index is 1300. The number of Topliss-reactive ketones (excluding diaryl/α,β-unsaturated/α-hetero) is 1. The van der Waals surface area contributed by atoms with E-state index in [1.54, 1.807) is 30.3 Å². The topological polar surface area (TPSA) is 75.5 Å². The van der Waals surface area contributed by atoms with Gasteiger partial charge < -0.3 is 14.2 Å². The summed E-state index contributed by atoms with van der Waals surface area (Å²) >= 11 is 7.51. The van der Waals surface area contributed by atoms with Gasteiger partial charge in [-0.05, 0) is 42.5 Å². The van der Waals surface area contributed by atoms with Crippen LogP contribution in [0.4, 0.5) is 0 Å². The number of para-hydroxylation sites is 2. The lowest BCUT2D eigenvalue weighted by atomic mass is 10.1. The van der Waals surface area contributed by atoms with Gasteiger partial charge in [0.25, 0.3) is 0 Å². The predicted octanol–water partition coefficient (Wildman–Crippen LogP) is 5.20. The Balaban J connectivity index is 1.36. The van der Waals surface area contributed by atoms with Crippen molar-refractivity contribution in [1.82, 2.24) is 14.8 Å². The van der Waals surface area contributed by atoms with Crippen LogP contribution in [0.15, 0.2) is 78.0 Å². The van der Waals surface area contributed by atoms with Crippen LogP contribution in [0, 0.1) is 0 Å². The standard InChI is InChI=1S/C24H18ClN3O4S/c25-18-8-4-5-9-20(18)30-13-23-26-27-24(28(23)17-6-2-1-3-7-17)33-14-19(29)16-10-11-21-22(12-16)32-15-31-21/h1-12H,13-15H2. The van der Waals surface area contributed by atoms with E-state index in [4.69, 9.17) is 25.8 Å². The van der Waals surface area contributed by atoms with E-state index in [1.807, 2.05) is 47.0 Å². The summed E-state index contributed by atoms with van der Waals surface area (Å²) < 4.78 is 18.4. The van der Waals surface area contributed by atoms with Crippen LogP contribution in [-0.2, 0) is 6.61 Å². The molecule has 7 nitrogen and oxygen atoms in total. The zero-order valence-corrected chi connectivity index (χ0v) is 18.9. The van der Waals surface area contributed by atoms with Gasteiger partial charge in [-0.2, -0.15) is 0 Å². The average molecular weight is 480 g/mol. The number of ether oxygens (including phenoxy) is 3. The Morgan fingerprint density at radius 1 is 1.00 bits per heavy atom. The number of halogens is 1. The normalized spacial score (nSPS) is 12.0. The lowest BCUT2D eigenvalue weighted by molar-refractivity contribution is 0.102. The lowest BCUT2D eigenvalue weighted by Gasteiger charge is -2.11. The second-order valence-electron chi connectivity index (χ2n) is 7.07. The Hall–Kier alpha value is -3.49. The maximum atomic E-state index is 12.8. The van der Waals surface area contributed by atoms with E-state index in [0.717, 1.165) is 5.69 Å². The monoisotopic (exact) mass is 479 g/mol. The minimum absolute atomic E-state index is 0.0465. The molecule has 2 heterocycles. The first-order valence-corrected chi connectivity index (χ1v) is 11.5. The number of benzene rings is 3. The highest BCUT2D eigenvalue weighted by Gasteiger charge is 2.19. The molecule has 0 N–H and O–H groups in total. The first-order valence-electron chi connectivity index (χ1n) is 10.1. The molecule has 0 spiro atoms. The molecule has 5 rings (SSSR count). The summed E-state index contributed by atoms with van der Waals surface area (Å²) in [5.74, 6) is 2.53. The number of fused-ring (bicyclic) bond motifs is 1. The Morgan fingerprint density at radius 3 is 2.64 bits per heavy atom. The van der Waals surface area contributed by atoms with Crippen molar-refractivity contribution in [3.05, 3.63) is 89.2 Å². The van der Waals surface area contributed by atoms with Crippen LogP contribution in [0.2, 0.25) is 5.02 Å². The van der Waals surface area contributed by atoms with E-state index in [2.05, 4.69) is 10.2 Å². The van der Waals surface area contributed by atoms with Gasteiger partial charge in [-0.1, -0.05) is 53.7 Å². The molecular weight excluding hydrogens is 462 g/mol. The van der Waals surface area contributed by atoms with Gasteiger partial charge in [0.05, 0.1) is 10.8 Å². The van der Waals surface area contributed by atoms with Crippen molar-refractivity contribution < 1.29 is 19.0 Å². The van der Waals surface area contributed by atoms with Crippen LogP contribution in [-0.4, -0.2) is 33.1 Å². The molecule has 0 radical (unpaired) electrons. The Morgan fingerprint density at radius 2 is 1.79 bits per heavy atom. The van der Waals surface area contributed by atoms with Crippen LogP contribution in [0.3, 0.4) is 0 Å². The van der Waals surface area contributed by atoms with E-state index in [-0.39, 0.29) is 24.9 Å². The van der Waals surface area contributed by atoms with Gasteiger partial charge in [-0.15, -0.1) is 10.2 Å². The number of hydrogen-bond acceptors (Lipinski definition) is 7. The molecule has 1 aromatic heterocycles. The summed E-state index contributed by atoms with van der Waals surface area (Å²) in [5.41, 5.74) is 1.43. The molecule has 0 saturated carbocycles. The number of ketones is 1. The number of thioether (sulfide) groups is 1. The maximum absolute atomic E-state index is 12.8. The van der Waals surface area contributed by atoms with Crippen LogP contribution >= 0.6 is 23.4 Å². The summed E-state index contributed by atoms with van der Waals surface area (Å²) in [7, 11) is 0. The smallest absolute Gasteiger partial charge is 0.231 e. The first kappa shape index (κ1) is 21.4. The van der Waals surface area contributed by atoms with Crippen molar-refractivity contribution in [3.63, 3.8) is 0 Å².